The summed E-state index contributed by atoms with van der Waals surface area (Å²) in [7, 11) is 0. The molecule has 4 rings (SSSR count). The molecule has 0 saturated heterocycles. The summed E-state index contributed by atoms with van der Waals surface area (Å²) in [5, 5.41) is 8.51. The van der Waals surface area contributed by atoms with Crippen LogP contribution in [-0.4, -0.2) is 54.0 Å². The number of amides is 3. The highest BCUT2D eigenvalue weighted by molar-refractivity contribution is 5.90. The van der Waals surface area contributed by atoms with Gasteiger partial charge in [-0.1, -0.05) is 99.6 Å². The maximum Gasteiger partial charge on any atom is 0.318 e. The number of nitrogens with zero attached hydrogens (tertiary/aromatic N) is 2. The first kappa shape index (κ1) is 33.7. The fourth-order valence-electron chi connectivity index (χ4n) is 6.01. The Hall–Kier alpha value is -4.23. The monoisotopic (exact) mass is 607 g/mol. The van der Waals surface area contributed by atoms with Crippen molar-refractivity contribution in [1.82, 2.24) is 20.5 Å². The normalized spacial score (nSPS) is 12.8. The van der Waals surface area contributed by atoms with Gasteiger partial charge < -0.3 is 21.3 Å². The van der Waals surface area contributed by atoms with Crippen LogP contribution in [0.3, 0.4) is 0 Å². The van der Waals surface area contributed by atoms with Crippen LogP contribution in [0.2, 0.25) is 0 Å². The highest BCUT2D eigenvalue weighted by Crippen LogP contribution is 2.26. The minimum Gasteiger partial charge on any atom is -0.354 e. The Kier molecular flexibility index (Phi) is 12.5. The summed E-state index contributed by atoms with van der Waals surface area (Å²) < 4.78 is 0. The zero-order chi connectivity index (χ0) is 32.1. The molecule has 4 N–H and O–H groups in total. The standard InChI is InChI=1S/C38H49N5O2/c1-29(19-22-39)27-38(2,3)28-41-36(44)35(26-32-16-11-15-31-14-7-8-18-34(31)32)42-37(45)43(24-20-30-12-5-4-6-13-30)25-21-33-17-9-10-23-40-33/h4-18,23,29,35H,19-22,24-28,39H2,1-3H3,(H,41,44)(H,42,45)/t29-,35+/m1/s1. The zero-order valence-corrected chi connectivity index (χ0v) is 27.0. The molecule has 0 fully saturated rings. The van der Waals surface area contributed by atoms with Gasteiger partial charge in [-0.25, -0.2) is 4.79 Å². The van der Waals surface area contributed by atoms with Crippen LogP contribution in [0, 0.1) is 11.3 Å². The van der Waals surface area contributed by atoms with Crippen molar-refractivity contribution in [3.63, 3.8) is 0 Å². The largest absolute Gasteiger partial charge is 0.354 e. The van der Waals surface area contributed by atoms with E-state index >= 15 is 0 Å². The summed E-state index contributed by atoms with van der Waals surface area (Å²) >= 11 is 0. The first-order chi connectivity index (χ1) is 21.7. The van der Waals surface area contributed by atoms with Gasteiger partial charge in [0.2, 0.25) is 5.91 Å². The highest BCUT2D eigenvalue weighted by Gasteiger charge is 2.28. The van der Waals surface area contributed by atoms with Crippen molar-refractivity contribution in [2.45, 2.75) is 58.9 Å². The van der Waals surface area contributed by atoms with E-state index < -0.39 is 6.04 Å². The first-order valence-electron chi connectivity index (χ1n) is 16.2. The minimum atomic E-state index is -0.741. The van der Waals surface area contributed by atoms with Crippen molar-refractivity contribution in [3.05, 3.63) is 114 Å². The smallest absolute Gasteiger partial charge is 0.318 e. The lowest BCUT2D eigenvalue weighted by Crippen LogP contribution is -2.53. The van der Waals surface area contributed by atoms with Crippen LogP contribution >= 0.6 is 0 Å². The Morgan fingerprint density at radius 3 is 2.36 bits per heavy atom. The second kappa shape index (κ2) is 16.7. The Morgan fingerprint density at radius 2 is 1.60 bits per heavy atom. The molecule has 1 aromatic heterocycles. The van der Waals surface area contributed by atoms with Crippen LogP contribution in [0.5, 0.6) is 0 Å². The average Bonchev–Trinajstić information content (AvgIpc) is 3.04. The summed E-state index contributed by atoms with van der Waals surface area (Å²) in [5.41, 5.74) is 8.78. The fraction of sp³-hybridized carbons (Fsp3) is 0.395. The van der Waals surface area contributed by atoms with Gasteiger partial charge in [-0.05, 0) is 71.2 Å². The molecule has 2 atom stereocenters. The first-order valence-corrected chi connectivity index (χ1v) is 16.2. The molecule has 4 aromatic rings. The molecule has 3 aromatic carbocycles. The number of urea groups is 1. The van der Waals surface area contributed by atoms with E-state index in [1.165, 1.54) is 0 Å². The molecule has 238 valence electrons. The Labute approximate surface area is 268 Å². The van der Waals surface area contributed by atoms with Gasteiger partial charge in [-0.2, -0.15) is 0 Å². The molecule has 1 heterocycles. The van der Waals surface area contributed by atoms with Gasteiger partial charge in [0, 0.05) is 44.4 Å². The number of nitrogens with two attached hydrogens (primary N) is 1. The summed E-state index contributed by atoms with van der Waals surface area (Å²) in [5.74, 6) is 0.286. The Morgan fingerprint density at radius 1 is 0.889 bits per heavy atom. The van der Waals surface area contributed by atoms with E-state index in [9.17, 15) is 9.59 Å². The molecule has 0 saturated carbocycles. The fourth-order valence-corrected chi connectivity index (χ4v) is 6.01. The third kappa shape index (κ3) is 10.7. The van der Waals surface area contributed by atoms with Gasteiger partial charge in [0.05, 0.1) is 0 Å². The van der Waals surface area contributed by atoms with Crippen LogP contribution in [-0.2, 0) is 24.1 Å². The van der Waals surface area contributed by atoms with Crippen LogP contribution < -0.4 is 16.4 Å². The molecule has 7 nitrogen and oxygen atoms in total. The van der Waals surface area contributed by atoms with E-state index in [1.807, 2.05) is 65.6 Å². The molecule has 0 bridgehead atoms. The van der Waals surface area contributed by atoms with Crippen LogP contribution in [0.4, 0.5) is 4.79 Å². The minimum absolute atomic E-state index is 0.108. The third-order valence-electron chi connectivity index (χ3n) is 8.38. The van der Waals surface area contributed by atoms with Gasteiger partial charge in [-0.3, -0.25) is 9.78 Å². The van der Waals surface area contributed by atoms with Gasteiger partial charge in [-0.15, -0.1) is 0 Å². The van der Waals surface area contributed by atoms with E-state index in [4.69, 9.17) is 5.73 Å². The van der Waals surface area contributed by atoms with Crippen molar-refractivity contribution in [2.24, 2.45) is 17.1 Å². The predicted molar refractivity (Wildman–Crippen MR) is 184 cm³/mol. The molecule has 0 radical (unpaired) electrons. The van der Waals surface area contributed by atoms with Gasteiger partial charge in [0.1, 0.15) is 6.04 Å². The molecule has 3 amide bonds. The SMILES string of the molecule is C[C@H](CCN)CC(C)(C)CNC(=O)[C@H](Cc1cccc2ccccc12)NC(=O)N(CCc1ccccc1)CCc1ccccn1. The number of carbonyl (C=O) groups excluding carboxylic acids is 2. The molecule has 0 aliphatic carbocycles. The molecule has 7 heteroatoms. The highest BCUT2D eigenvalue weighted by atomic mass is 16.2. The quantitative estimate of drug-likeness (QED) is 0.142. The lowest BCUT2D eigenvalue weighted by atomic mass is 9.82. The van der Waals surface area contributed by atoms with Gasteiger partial charge in [0.25, 0.3) is 0 Å². The molecule has 0 unspecified atom stereocenters. The number of aromatic nitrogens is 1. The maximum absolute atomic E-state index is 14.0. The van der Waals surface area contributed by atoms with Crippen molar-refractivity contribution >= 4 is 22.7 Å². The van der Waals surface area contributed by atoms with E-state index in [2.05, 4.69) is 66.7 Å². The summed E-state index contributed by atoms with van der Waals surface area (Å²) in [6.07, 6.45) is 5.40. The van der Waals surface area contributed by atoms with Crippen molar-refractivity contribution in [1.29, 1.82) is 0 Å². The molecule has 0 spiro atoms. The van der Waals surface area contributed by atoms with Crippen molar-refractivity contribution in [2.75, 3.05) is 26.2 Å². The van der Waals surface area contributed by atoms with Crippen molar-refractivity contribution in [3.8, 4) is 0 Å². The van der Waals surface area contributed by atoms with E-state index in [-0.39, 0.29) is 17.4 Å². The van der Waals surface area contributed by atoms with Gasteiger partial charge >= 0.3 is 6.03 Å². The second-order valence-corrected chi connectivity index (χ2v) is 12.9. The number of rotatable bonds is 16. The van der Waals surface area contributed by atoms with Gasteiger partial charge in [0.15, 0.2) is 0 Å². The number of hydrogen-bond acceptors (Lipinski definition) is 4. The van der Waals surface area contributed by atoms with E-state index in [1.54, 1.807) is 6.20 Å². The molecule has 45 heavy (non-hydrogen) atoms. The molecular formula is C38H49N5O2. The summed E-state index contributed by atoms with van der Waals surface area (Å²) in [6.45, 7) is 8.73. The second-order valence-electron chi connectivity index (χ2n) is 12.9. The number of benzene rings is 3. The van der Waals surface area contributed by atoms with E-state index in [0.717, 1.165) is 40.4 Å². The third-order valence-corrected chi connectivity index (χ3v) is 8.38. The number of hydrogen-bond donors (Lipinski definition) is 3. The van der Waals surface area contributed by atoms with E-state index in [0.29, 0.717) is 51.4 Å². The predicted octanol–water partition coefficient (Wildman–Crippen LogP) is 6.16. The molecule has 0 aliphatic rings. The number of nitrogens with one attached hydrogen (secondary N) is 2. The topological polar surface area (TPSA) is 100 Å². The zero-order valence-electron chi connectivity index (χ0n) is 27.0. The van der Waals surface area contributed by atoms with Crippen LogP contribution in [0.1, 0.15) is 50.4 Å². The Balaban J connectivity index is 1.54. The average molecular weight is 608 g/mol. The lowest BCUT2D eigenvalue weighted by molar-refractivity contribution is -0.123. The number of pyridine rings is 1. The summed E-state index contributed by atoms with van der Waals surface area (Å²) in [6, 6.07) is 29.3. The maximum atomic E-state index is 14.0. The lowest BCUT2D eigenvalue weighted by Gasteiger charge is -2.30. The summed E-state index contributed by atoms with van der Waals surface area (Å²) in [4.78, 5) is 34.1. The molecule has 0 aliphatic heterocycles. The van der Waals surface area contributed by atoms with Crippen LogP contribution in [0.15, 0.2) is 97.2 Å². The Bertz CT molecular complexity index is 1440. The van der Waals surface area contributed by atoms with Crippen molar-refractivity contribution < 1.29 is 9.59 Å². The molecular weight excluding hydrogens is 558 g/mol. The number of carbonyl (C=O) groups is 2. The van der Waals surface area contributed by atoms with Crippen LogP contribution in [0.25, 0.3) is 10.8 Å². The number of fused-ring (bicyclic) bond motifs is 1.